The van der Waals surface area contributed by atoms with Crippen LogP contribution in [0.1, 0.15) is 23.0 Å². The molecular formula is C41H27N5. The molecule has 0 saturated heterocycles. The number of hydrogen-bond acceptors (Lipinski definition) is 5. The summed E-state index contributed by atoms with van der Waals surface area (Å²) in [4.78, 5) is 19.7. The molecule has 5 nitrogen and oxygen atoms in total. The van der Waals surface area contributed by atoms with Crippen LogP contribution in [0.15, 0.2) is 162 Å². The van der Waals surface area contributed by atoms with Crippen LogP contribution in [-0.4, -0.2) is 21.6 Å². The quantitative estimate of drug-likeness (QED) is 0.208. The first-order chi connectivity index (χ1) is 22.8. The summed E-state index contributed by atoms with van der Waals surface area (Å²) in [5.74, 6) is 1.45. The molecule has 0 fully saturated rings. The minimum atomic E-state index is -0.444. The van der Waals surface area contributed by atoms with Gasteiger partial charge in [-0.15, -0.1) is 0 Å². The Labute approximate surface area is 265 Å². The number of pyridine rings is 2. The molecule has 8 aromatic rings. The number of hydrogen-bond donors (Lipinski definition) is 1. The predicted octanol–water partition coefficient (Wildman–Crippen LogP) is 9.25. The third-order valence-corrected chi connectivity index (χ3v) is 8.84. The molecule has 0 radical (unpaired) electrons. The van der Waals surface area contributed by atoms with E-state index in [2.05, 4.69) is 126 Å². The molecule has 0 amide bonds. The topological polar surface area (TPSA) is 62.5 Å². The molecule has 1 aliphatic heterocycles. The Morgan fingerprint density at radius 2 is 1.09 bits per heavy atom. The fourth-order valence-electron chi connectivity index (χ4n) is 6.62. The molecule has 9 rings (SSSR count). The lowest BCUT2D eigenvalue weighted by Crippen LogP contribution is -2.34. The van der Waals surface area contributed by atoms with Gasteiger partial charge in [-0.1, -0.05) is 109 Å². The standard InChI is InChI=1S/C41H27N5/c1-3-13-30-26(10-1)22-36(34-17-7-5-15-32(30)34)39-44-40(37-23-27-11-2-4-14-31(27)33-16-6-8-18-35(33)37)46-41(45-39)38-20-19-29(25-43-38)28-12-9-21-42-24-28/h1-25,41H,(H,44,45,46). The van der Waals surface area contributed by atoms with Crippen LogP contribution in [0.3, 0.4) is 0 Å². The molecule has 5 heteroatoms. The molecule has 1 aliphatic rings. The summed E-state index contributed by atoms with van der Waals surface area (Å²) in [5.41, 5.74) is 4.87. The molecule has 1 atom stereocenters. The highest BCUT2D eigenvalue weighted by atomic mass is 15.2. The SMILES string of the molecule is c1cncc(-c2ccc(C3N=C(c4cc5ccccc5c5ccccc45)N=C(c4cc5ccccc5c5ccccc45)N3)nc2)c1. The van der Waals surface area contributed by atoms with E-state index in [0.717, 1.165) is 55.3 Å². The number of aromatic nitrogens is 2. The van der Waals surface area contributed by atoms with Crippen molar-refractivity contribution in [2.24, 2.45) is 9.98 Å². The average molecular weight is 590 g/mol. The number of aliphatic imine (C=N–C) groups is 2. The molecule has 216 valence electrons. The molecule has 0 bridgehead atoms. The molecule has 0 saturated carbocycles. The number of amidine groups is 2. The van der Waals surface area contributed by atoms with Crippen LogP contribution in [0.5, 0.6) is 0 Å². The molecule has 6 aromatic carbocycles. The Bertz CT molecular complexity index is 2500. The van der Waals surface area contributed by atoms with E-state index >= 15 is 0 Å². The van der Waals surface area contributed by atoms with E-state index < -0.39 is 6.17 Å². The van der Waals surface area contributed by atoms with Gasteiger partial charge in [0, 0.05) is 40.8 Å². The number of nitrogens with zero attached hydrogens (tertiary/aromatic N) is 4. The van der Waals surface area contributed by atoms with Crippen LogP contribution in [0.25, 0.3) is 54.2 Å². The Balaban J connectivity index is 1.26. The summed E-state index contributed by atoms with van der Waals surface area (Å²) in [6.45, 7) is 0. The maximum Gasteiger partial charge on any atom is 0.165 e. The van der Waals surface area contributed by atoms with Gasteiger partial charge >= 0.3 is 0 Å². The van der Waals surface area contributed by atoms with E-state index in [1.165, 1.54) is 21.5 Å². The van der Waals surface area contributed by atoms with Crippen LogP contribution in [-0.2, 0) is 0 Å². The summed E-state index contributed by atoms with van der Waals surface area (Å²) in [5, 5.41) is 13.0. The van der Waals surface area contributed by atoms with Crippen molar-refractivity contribution < 1.29 is 0 Å². The number of fused-ring (bicyclic) bond motifs is 6. The van der Waals surface area contributed by atoms with Gasteiger partial charge in [-0.25, -0.2) is 9.98 Å². The normalized spacial score (nSPS) is 14.7. The summed E-state index contributed by atoms with van der Waals surface area (Å²) in [6, 6.07) is 46.7. The van der Waals surface area contributed by atoms with E-state index in [9.17, 15) is 0 Å². The largest absolute Gasteiger partial charge is 0.343 e. The molecule has 2 aromatic heterocycles. The van der Waals surface area contributed by atoms with Crippen molar-refractivity contribution in [2.45, 2.75) is 6.17 Å². The molecule has 46 heavy (non-hydrogen) atoms. The van der Waals surface area contributed by atoms with Crippen molar-refractivity contribution in [3.05, 3.63) is 169 Å². The van der Waals surface area contributed by atoms with E-state index in [1.54, 1.807) is 6.20 Å². The van der Waals surface area contributed by atoms with Crippen LogP contribution in [0, 0.1) is 0 Å². The molecule has 0 aliphatic carbocycles. The first-order valence-corrected chi connectivity index (χ1v) is 15.4. The average Bonchev–Trinajstić information content (AvgIpc) is 3.14. The van der Waals surface area contributed by atoms with Gasteiger partial charge in [-0.05, 0) is 67.4 Å². The maximum absolute atomic E-state index is 5.30. The van der Waals surface area contributed by atoms with Crippen molar-refractivity contribution in [1.82, 2.24) is 15.3 Å². The lowest BCUT2D eigenvalue weighted by molar-refractivity contribution is 0.653. The van der Waals surface area contributed by atoms with Gasteiger partial charge in [0.15, 0.2) is 12.0 Å². The van der Waals surface area contributed by atoms with Gasteiger partial charge in [-0.3, -0.25) is 9.97 Å². The Morgan fingerprint density at radius 3 is 1.72 bits per heavy atom. The minimum absolute atomic E-state index is 0.444. The van der Waals surface area contributed by atoms with Crippen molar-refractivity contribution in [3.63, 3.8) is 0 Å². The number of benzene rings is 6. The van der Waals surface area contributed by atoms with E-state index in [0.29, 0.717) is 5.84 Å². The van der Waals surface area contributed by atoms with Gasteiger partial charge in [0.05, 0.1) is 5.69 Å². The van der Waals surface area contributed by atoms with Crippen LogP contribution >= 0.6 is 0 Å². The highest BCUT2D eigenvalue weighted by Crippen LogP contribution is 2.34. The van der Waals surface area contributed by atoms with Gasteiger partial charge in [0.2, 0.25) is 0 Å². The van der Waals surface area contributed by atoms with Crippen molar-refractivity contribution in [3.8, 4) is 11.1 Å². The van der Waals surface area contributed by atoms with Gasteiger partial charge in [0.25, 0.3) is 0 Å². The summed E-state index contributed by atoms with van der Waals surface area (Å²) in [6.07, 6.45) is 5.08. The van der Waals surface area contributed by atoms with E-state index in [1.807, 2.05) is 30.6 Å². The van der Waals surface area contributed by atoms with Gasteiger partial charge < -0.3 is 5.32 Å². The third kappa shape index (κ3) is 4.41. The molecule has 0 spiro atoms. The third-order valence-electron chi connectivity index (χ3n) is 8.84. The zero-order valence-corrected chi connectivity index (χ0v) is 24.8. The fraction of sp³-hybridized carbons (Fsp3) is 0.0244. The second-order valence-electron chi connectivity index (χ2n) is 11.6. The first-order valence-electron chi connectivity index (χ1n) is 15.4. The predicted molar refractivity (Wildman–Crippen MR) is 189 cm³/mol. The zero-order valence-electron chi connectivity index (χ0n) is 24.8. The Morgan fingerprint density at radius 1 is 0.500 bits per heavy atom. The molecular weight excluding hydrogens is 562 g/mol. The monoisotopic (exact) mass is 589 g/mol. The smallest absolute Gasteiger partial charge is 0.165 e. The van der Waals surface area contributed by atoms with Crippen molar-refractivity contribution in [1.29, 1.82) is 0 Å². The molecule has 1 unspecified atom stereocenters. The van der Waals surface area contributed by atoms with Crippen LogP contribution in [0.2, 0.25) is 0 Å². The molecule has 1 N–H and O–H groups in total. The molecule has 3 heterocycles. The van der Waals surface area contributed by atoms with Crippen molar-refractivity contribution >= 4 is 54.8 Å². The van der Waals surface area contributed by atoms with Crippen LogP contribution < -0.4 is 5.32 Å². The van der Waals surface area contributed by atoms with Crippen LogP contribution in [0.4, 0.5) is 0 Å². The number of nitrogens with one attached hydrogen (secondary N) is 1. The first kappa shape index (κ1) is 26.2. The zero-order chi connectivity index (χ0) is 30.5. The summed E-state index contributed by atoms with van der Waals surface area (Å²) >= 11 is 0. The van der Waals surface area contributed by atoms with Gasteiger partial charge in [-0.2, -0.15) is 0 Å². The Kier molecular flexibility index (Phi) is 6.13. The second-order valence-corrected chi connectivity index (χ2v) is 11.6. The van der Waals surface area contributed by atoms with Gasteiger partial charge in [0.1, 0.15) is 5.84 Å². The maximum atomic E-state index is 5.30. The summed E-state index contributed by atoms with van der Waals surface area (Å²) < 4.78 is 0. The highest BCUT2D eigenvalue weighted by molar-refractivity contribution is 6.25. The summed E-state index contributed by atoms with van der Waals surface area (Å²) in [7, 11) is 0. The fourth-order valence-corrected chi connectivity index (χ4v) is 6.62. The number of rotatable bonds is 4. The van der Waals surface area contributed by atoms with E-state index in [-0.39, 0.29) is 0 Å². The van der Waals surface area contributed by atoms with E-state index in [4.69, 9.17) is 15.0 Å². The second kappa shape index (κ2) is 10.8. The minimum Gasteiger partial charge on any atom is -0.343 e. The lowest BCUT2D eigenvalue weighted by Gasteiger charge is -2.25. The highest BCUT2D eigenvalue weighted by Gasteiger charge is 2.25. The van der Waals surface area contributed by atoms with Crippen molar-refractivity contribution in [2.75, 3.05) is 0 Å². The Hall–Kier alpha value is -6.20. The lowest BCUT2D eigenvalue weighted by atomic mass is 9.95.